The van der Waals surface area contributed by atoms with Crippen LogP contribution in [0.5, 0.6) is 23.0 Å². The molecule has 2 amide bonds. The van der Waals surface area contributed by atoms with Crippen molar-refractivity contribution in [3.8, 4) is 23.0 Å². The minimum Gasteiger partial charge on any atom is -0.497 e. The van der Waals surface area contributed by atoms with Gasteiger partial charge in [-0.1, -0.05) is 18.2 Å². The van der Waals surface area contributed by atoms with Gasteiger partial charge in [0.1, 0.15) is 17.2 Å². The fourth-order valence-electron chi connectivity index (χ4n) is 3.19. The molecular weight excluding hydrogens is 462 g/mol. The van der Waals surface area contributed by atoms with Crippen LogP contribution in [0.3, 0.4) is 0 Å². The van der Waals surface area contributed by atoms with Crippen molar-refractivity contribution in [1.82, 2.24) is 10.7 Å². The van der Waals surface area contributed by atoms with Crippen molar-refractivity contribution in [2.45, 2.75) is 0 Å². The maximum absolute atomic E-state index is 13.0. The summed E-state index contributed by atoms with van der Waals surface area (Å²) in [7, 11) is 6.11. The topological polar surface area (TPSA) is 107 Å². The maximum Gasteiger partial charge on any atom is 0.287 e. The summed E-state index contributed by atoms with van der Waals surface area (Å²) in [4.78, 5) is 25.8. The summed E-state index contributed by atoms with van der Waals surface area (Å²) in [6, 6.07) is 18.9. The summed E-state index contributed by atoms with van der Waals surface area (Å²) in [5.41, 5.74) is 4.03. The van der Waals surface area contributed by atoms with E-state index in [0.717, 1.165) is 0 Å². The average Bonchev–Trinajstić information content (AvgIpc) is 2.92. The molecular formula is C27H27N3O6. The molecule has 3 aromatic rings. The molecule has 36 heavy (non-hydrogen) atoms. The van der Waals surface area contributed by atoms with Crippen LogP contribution in [0.1, 0.15) is 21.5 Å². The number of rotatable bonds is 10. The third kappa shape index (κ3) is 6.63. The number of carbonyl (C=O) groups excluding carboxylic acids is 2. The van der Waals surface area contributed by atoms with Crippen LogP contribution in [-0.4, -0.2) is 46.5 Å². The van der Waals surface area contributed by atoms with Crippen LogP contribution in [0, 0.1) is 0 Å². The average molecular weight is 490 g/mol. The first-order chi connectivity index (χ1) is 17.5. The predicted octanol–water partition coefficient (Wildman–Crippen LogP) is 3.64. The van der Waals surface area contributed by atoms with Gasteiger partial charge in [-0.15, -0.1) is 0 Å². The van der Waals surface area contributed by atoms with Crippen LogP contribution in [-0.2, 0) is 4.79 Å². The zero-order valence-corrected chi connectivity index (χ0v) is 20.4. The van der Waals surface area contributed by atoms with Gasteiger partial charge in [-0.2, -0.15) is 5.10 Å². The number of hydrogen-bond acceptors (Lipinski definition) is 7. The first-order valence-electron chi connectivity index (χ1n) is 10.8. The van der Waals surface area contributed by atoms with Gasteiger partial charge in [-0.05, 0) is 54.1 Å². The van der Waals surface area contributed by atoms with Crippen LogP contribution in [0.15, 0.2) is 77.5 Å². The van der Waals surface area contributed by atoms with Gasteiger partial charge in [-0.3, -0.25) is 9.59 Å². The van der Waals surface area contributed by atoms with Gasteiger partial charge in [0, 0.05) is 17.2 Å². The van der Waals surface area contributed by atoms with Crippen LogP contribution in [0.4, 0.5) is 0 Å². The highest BCUT2D eigenvalue weighted by molar-refractivity contribution is 6.05. The lowest BCUT2D eigenvalue weighted by atomic mass is 10.1. The number of nitrogens with zero attached hydrogens (tertiary/aromatic N) is 1. The molecule has 0 bridgehead atoms. The third-order valence-electron chi connectivity index (χ3n) is 5.06. The van der Waals surface area contributed by atoms with Gasteiger partial charge < -0.3 is 24.3 Å². The molecule has 0 saturated heterocycles. The van der Waals surface area contributed by atoms with Gasteiger partial charge in [0.05, 0.1) is 34.7 Å². The highest BCUT2D eigenvalue weighted by Gasteiger charge is 2.16. The Bertz CT molecular complexity index is 1270. The summed E-state index contributed by atoms with van der Waals surface area (Å²) in [5, 5.41) is 6.68. The summed E-state index contributed by atoms with van der Waals surface area (Å²) in [5.74, 6) is 1.06. The number of nitrogens with one attached hydrogen (secondary N) is 2. The van der Waals surface area contributed by atoms with Gasteiger partial charge in [0.2, 0.25) is 0 Å². The van der Waals surface area contributed by atoms with Gasteiger partial charge in [0.15, 0.2) is 11.5 Å². The third-order valence-corrected chi connectivity index (χ3v) is 5.06. The summed E-state index contributed by atoms with van der Waals surface area (Å²) in [6.07, 6.45) is 2.95. The zero-order chi connectivity index (χ0) is 25.9. The summed E-state index contributed by atoms with van der Waals surface area (Å²) >= 11 is 0. The minimum atomic E-state index is -0.631. The number of amides is 2. The van der Waals surface area contributed by atoms with E-state index in [1.807, 2.05) is 0 Å². The Balaban J connectivity index is 1.87. The van der Waals surface area contributed by atoms with Crippen molar-refractivity contribution in [1.29, 1.82) is 0 Å². The van der Waals surface area contributed by atoms with E-state index >= 15 is 0 Å². The van der Waals surface area contributed by atoms with E-state index < -0.39 is 11.8 Å². The molecule has 0 heterocycles. The molecule has 0 saturated carbocycles. The molecule has 0 aliphatic carbocycles. The summed E-state index contributed by atoms with van der Waals surface area (Å²) in [6.45, 7) is 0. The molecule has 0 aliphatic rings. The van der Waals surface area contributed by atoms with Crippen LogP contribution >= 0.6 is 0 Å². The van der Waals surface area contributed by atoms with E-state index in [1.54, 1.807) is 80.9 Å². The van der Waals surface area contributed by atoms with Gasteiger partial charge in [-0.25, -0.2) is 5.43 Å². The number of ether oxygens (including phenoxy) is 4. The maximum atomic E-state index is 13.0. The molecule has 0 atom stereocenters. The normalized spacial score (nSPS) is 11.1. The Morgan fingerprint density at radius 3 is 2.17 bits per heavy atom. The first kappa shape index (κ1) is 25.8. The zero-order valence-electron chi connectivity index (χ0n) is 20.4. The number of hydrazone groups is 1. The van der Waals surface area contributed by atoms with Gasteiger partial charge in [0.25, 0.3) is 11.8 Å². The lowest BCUT2D eigenvalue weighted by molar-refractivity contribution is -0.117. The monoisotopic (exact) mass is 489 g/mol. The van der Waals surface area contributed by atoms with Crippen LogP contribution < -0.4 is 29.7 Å². The molecule has 0 aliphatic heterocycles. The van der Waals surface area contributed by atoms with Gasteiger partial charge >= 0.3 is 0 Å². The lowest BCUT2D eigenvalue weighted by Gasteiger charge is -2.12. The molecule has 0 radical (unpaired) electrons. The fourth-order valence-corrected chi connectivity index (χ4v) is 3.19. The van der Waals surface area contributed by atoms with Crippen molar-refractivity contribution in [3.63, 3.8) is 0 Å². The molecule has 9 nitrogen and oxygen atoms in total. The van der Waals surface area contributed by atoms with Crippen LogP contribution in [0.25, 0.3) is 6.08 Å². The van der Waals surface area contributed by atoms with E-state index in [1.165, 1.54) is 26.5 Å². The van der Waals surface area contributed by atoms with E-state index in [2.05, 4.69) is 15.8 Å². The molecule has 0 fully saturated rings. The van der Waals surface area contributed by atoms with E-state index in [-0.39, 0.29) is 5.70 Å². The Kier molecular flexibility index (Phi) is 9.05. The smallest absolute Gasteiger partial charge is 0.287 e. The van der Waals surface area contributed by atoms with Crippen molar-refractivity contribution in [2.24, 2.45) is 5.10 Å². The minimum absolute atomic E-state index is 0.0308. The second kappa shape index (κ2) is 12.6. The lowest BCUT2D eigenvalue weighted by Crippen LogP contribution is -2.32. The predicted molar refractivity (Wildman–Crippen MR) is 137 cm³/mol. The Morgan fingerprint density at radius 1 is 0.778 bits per heavy atom. The largest absolute Gasteiger partial charge is 0.497 e. The Labute approximate surface area is 209 Å². The first-order valence-corrected chi connectivity index (χ1v) is 10.8. The molecule has 2 N–H and O–H groups in total. The highest BCUT2D eigenvalue weighted by Crippen LogP contribution is 2.27. The molecule has 3 rings (SSSR count). The fraction of sp³-hybridized carbons (Fsp3) is 0.148. The van der Waals surface area contributed by atoms with E-state index in [4.69, 9.17) is 18.9 Å². The highest BCUT2D eigenvalue weighted by atomic mass is 16.5. The quantitative estimate of drug-likeness (QED) is 0.256. The molecule has 0 unspecified atom stereocenters. The van der Waals surface area contributed by atoms with Crippen molar-refractivity contribution >= 4 is 24.1 Å². The number of hydrogen-bond donors (Lipinski definition) is 2. The molecule has 186 valence electrons. The van der Waals surface area contributed by atoms with E-state index in [0.29, 0.717) is 39.7 Å². The molecule has 9 heteroatoms. The molecule has 0 spiro atoms. The SMILES string of the molecule is COc1ccc(C=C(NC(=O)c2ccccc2)C(=O)NN=Cc2ccc(OC)c(OC)c2)c(OC)c1. The number of carbonyl (C=O) groups is 2. The Morgan fingerprint density at radius 2 is 1.50 bits per heavy atom. The molecule has 0 aromatic heterocycles. The number of methoxy groups -OCH3 is 4. The number of benzene rings is 3. The second-order valence-corrected chi connectivity index (χ2v) is 7.30. The van der Waals surface area contributed by atoms with Crippen molar-refractivity contribution in [3.05, 3.63) is 89.1 Å². The second-order valence-electron chi connectivity index (χ2n) is 7.30. The summed E-state index contributed by atoms with van der Waals surface area (Å²) < 4.78 is 21.1. The standard InChI is InChI=1S/C27H27N3O6/c1-33-21-12-11-20(24(16-21)35-3)15-22(29-26(31)19-8-6-5-7-9-19)27(32)30-28-17-18-10-13-23(34-2)25(14-18)36-4/h5-17H,1-4H3,(H,29,31)(H,30,32). The van der Waals surface area contributed by atoms with E-state index in [9.17, 15) is 9.59 Å². The molecule has 3 aromatic carbocycles. The Hall–Kier alpha value is -4.79. The van der Waals surface area contributed by atoms with Crippen molar-refractivity contribution < 1.29 is 28.5 Å². The van der Waals surface area contributed by atoms with Crippen molar-refractivity contribution in [2.75, 3.05) is 28.4 Å². The van der Waals surface area contributed by atoms with Crippen LogP contribution in [0.2, 0.25) is 0 Å².